The molecule has 17 heavy (non-hydrogen) atoms. The minimum atomic E-state index is 0.427. The maximum absolute atomic E-state index is 6.24. The van der Waals surface area contributed by atoms with E-state index in [-0.39, 0.29) is 0 Å². The van der Waals surface area contributed by atoms with Gasteiger partial charge in [-0.15, -0.1) is 0 Å². The van der Waals surface area contributed by atoms with E-state index in [1.165, 1.54) is 31.4 Å². The highest BCUT2D eigenvalue weighted by atomic mass is 16.3. The number of furan rings is 1. The summed E-state index contributed by atoms with van der Waals surface area (Å²) in [7, 11) is 0. The average Bonchev–Trinajstić information content (AvgIpc) is 2.87. The first-order valence-electron chi connectivity index (χ1n) is 6.75. The van der Waals surface area contributed by atoms with Gasteiger partial charge in [0.05, 0.1) is 12.8 Å². The third kappa shape index (κ3) is 2.14. The SMILES string of the molecule is Cc1ccoc1CN1CC2CCCC(N)C2C1. The van der Waals surface area contributed by atoms with E-state index in [4.69, 9.17) is 10.2 Å². The van der Waals surface area contributed by atoms with Crippen LogP contribution in [-0.4, -0.2) is 24.0 Å². The Bertz CT molecular complexity index is 387. The van der Waals surface area contributed by atoms with Crippen LogP contribution in [0.1, 0.15) is 30.6 Å². The summed E-state index contributed by atoms with van der Waals surface area (Å²) in [5, 5.41) is 0. The van der Waals surface area contributed by atoms with E-state index in [1.807, 2.05) is 6.07 Å². The molecule has 3 atom stereocenters. The molecule has 0 bridgehead atoms. The van der Waals surface area contributed by atoms with Gasteiger partial charge in [0.2, 0.25) is 0 Å². The van der Waals surface area contributed by atoms with Gasteiger partial charge in [-0.3, -0.25) is 4.90 Å². The second kappa shape index (κ2) is 4.46. The molecule has 1 aliphatic heterocycles. The lowest BCUT2D eigenvalue weighted by atomic mass is 9.78. The van der Waals surface area contributed by atoms with Gasteiger partial charge in [0.25, 0.3) is 0 Å². The normalized spacial score (nSPS) is 33.9. The zero-order valence-electron chi connectivity index (χ0n) is 10.6. The van der Waals surface area contributed by atoms with Crippen LogP contribution in [0.3, 0.4) is 0 Å². The van der Waals surface area contributed by atoms with Crippen molar-refractivity contribution in [3.63, 3.8) is 0 Å². The molecule has 2 heterocycles. The molecule has 1 saturated heterocycles. The number of aryl methyl sites for hydroxylation is 1. The van der Waals surface area contributed by atoms with Gasteiger partial charge in [0.15, 0.2) is 0 Å². The third-order valence-corrected chi connectivity index (χ3v) is 4.56. The average molecular weight is 234 g/mol. The summed E-state index contributed by atoms with van der Waals surface area (Å²) < 4.78 is 5.53. The first-order chi connectivity index (χ1) is 8.24. The Labute approximate surface area is 103 Å². The number of hydrogen-bond donors (Lipinski definition) is 1. The van der Waals surface area contributed by atoms with Crippen molar-refractivity contribution in [1.82, 2.24) is 4.90 Å². The standard InChI is InChI=1S/C14H22N2O/c1-10-5-6-17-14(10)9-16-7-11-3-2-4-13(15)12(11)8-16/h5-6,11-13H,2-4,7-9,15H2,1H3. The Morgan fingerprint density at radius 3 is 3.00 bits per heavy atom. The fraction of sp³-hybridized carbons (Fsp3) is 0.714. The monoisotopic (exact) mass is 234 g/mol. The zero-order valence-corrected chi connectivity index (χ0v) is 10.6. The van der Waals surface area contributed by atoms with Crippen LogP contribution in [0, 0.1) is 18.8 Å². The largest absolute Gasteiger partial charge is 0.468 e. The van der Waals surface area contributed by atoms with E-state index < -0.39 is 0 Å². The van der Waals surface area contributed by atoms with Crippen LogP contribution in [0.25, 0.3) is 0 Å². The second-order valence-corrected chi connectivity index (χ2v) is 5.74. The Balaban J connectivity index is 1.65. The van der Waals surface area contributed by atoms with E-state index in [1.54, 1.807) is 6.26 Å². The van der Waals surface area contributed by atoms with Gasteiger partial charge in [0, 0.05) is 19.1 Å². The highest BCUT2D eigenvalue weighted by Gasteiger charge is 2.38. The van der Waals surface area contributed by atoms with Crippen LogP contribution >= 0.6 is 0 Å². The number of likely N-dealkylation sites (tertiary alicyclic amines) is 1. The minimum Gasteiger partial charge on any atom is -0.468 e. The van der Waals surface area contributed by atoms with Crippen molar-refractivity contribution in [2.24, 2.45) is 17.6 Å². The van der Waals surface area contributed by atoms with Crippen LogP contribution in [0.2, 0.25) is 0 Å². The van der Waals surface area contributed by atoms with Crippen LogP contribution < -0.4 is 5.73 Å². The van der Waals surface area contributed by atoms with E-state index in [9.17, 15) is 0 Å². The lowest BCUT2D eigenvalue weighted by Gasteiger charge is -2.29. The quantitative estimate of drug-likeness (QED) is 0.852. The predicted molar refractivity (Wildman–Crippen MR) is 67.5 cm³/mol. The molecule has 3 rings (SSSR count). The van der Waals surface area contributed by atoms with Crippen molar-refractivity contribution >= 4 is 0 Å². The van der Waals surface area contributed by atoms with Crippen molar-refractivity contribution in [3.8, 4) is 0 Å². The Morgan fingerprint density at radius 2 is 2.29 bits per heavy atom. The molecule has 0 aromatic carbocycles. The van der Waals surface area contributed by atoms with Crippen LogP contribution in [0.4, 0.5) is 0 Å². The van der Waals surface area contributed by atoms with Gasteiger partial charge in [-0.25, -0.2) is 0 Å². The molecular weight excluding hydrogens is 212 g/mol. The maximum Gasteiger partial charge on any atom is 0.120 e. The Hall–Kier alpha value is -0.800. The number of hydrogen-bond acceptors (Lipinski definition) is 3. The molecule has 2 aliphatic rings. The molecule has 0 spiro atoms. The van der Waals surface area contributed by atoms with Crippen molar-refractivity contribution < 1.29 is 4.42 Å². The lowest BCUT2D eigenvalue weighted by molar-refractivity contribution is 0.258. The molecule has 1 aliphatic carbocycles. The summed E-state index contributed by atoms with van der Waals surface area (Å²) in [6.07, 6.45) is 5.69. The van der Waals surface area contributed by atoms with Crippen LogP contribution in [0.5, 0.6) is 0 Å². The number of rotatable bonds is 2. The molecule has 94 valence electrons. The topological polar surface area (TPSA) is 42.4 Å². The summed E-state index contributed by atoms with van der Waals surface area (Å²) in [6, 6.07) is 2.47. The molecule has 2 fully saturated rings. The van der Waals surface area contributed by atoms with E-state index in [0.717, 1.165) is 30.7 Å². The maximum atomic E-state index is 6.24. The van der Waals surface area contributed by atoms with E-state index in [0.29, 0.717) is 6.04 Å². The molecule has 2 N–H and O–H groups in total. The first-order valence-corrected chi connectivity index (χ1v) is 6.75. The highest BCUT2D eigenvalue weighted by Crippen LogP contribution is 2.36. The lowest BCUT2D eigenvalue weighted by Crippen LogP contribution is -2.38. The van der Waals surface area contributed by atoms with E-state index in [2.05, 4.69) is 11.8 Å². The fourth-order valence-corrected chi connectivity index (χ4v) is 3.51. The van der Waals surface area contributed by atoms with Crippen molar-refractivity contribution in [3.05, 3.63) is 23.7 Å². The number of nitrogens with zero attached hydrogens (tertiary/aromatic N) is 1. The van der Waals surface area contributed by atoms with Gasteiger partial charge < -0.3 is 10.2 Å². The fourth-order valence-electron chi connectivity index (χ4n) is 3.51. The molecule has 3 heteroatoms. The van der Waals surface area contributed by atoms with Crippen molar-refractivity contribution in [2.75, 3.05) is 13.1 Å². The van der Waals surface area contributed by atoms with Gasteiger partial charge in [-0.2, -0.15) is 0 Å². The van der Waals surface area contributed by atoms with Crippen LogP contribution in [-0.2, 0) is 6.54 Å². The zero-order chi connectivity index (χ0) is 11.8. The summed E-state index contributed by atoms with van der Waals surface area (Å²) in [5.74, 6) is 2.67. The molecule has 0 radical (unpaired) electrons. The molecule has 1 saturated carbocycles. The number of nitrogens with two attached hydrogens (primary N) is 1. The summed E-state index contributed by atoms with van der Waals surface area (Å²) in [5.41, 5.74) is 7.50. The first kappa shape index (κ1) is 11.3. The molecule has 1 aromatic heterocycles. The minimum absolute atomic E-state index is 0.427. The van der Waals surface area contributed by atoms with Crippen molar-refractivity contribution in [1.29, 1.82) is 0 Å². The van der Waals surface area contributed by atoms with E-state index >= 15 is 0 Å². The Morgan fingerprint density at radius 1 is 1.41 bits per heavy atom. The molecular formula is C14H22N2O. The molecule has 0 amide bonds. The second-order valence-electron chi connectivity index (χ2n) is 5.74. The Kier molecular flexibility index (Phi) is 2.97. The van der Waals surface area contributed by atoms with Gasteiger partial charge >= 0.3 is 0 Å². The van der Waals surface area contributed by atoms with Gasteiger partial charge in [-0.05, 0) is 43.2 Å². The molecule has 1 aromatic rings. The predicted octanol–water partition coefficient (Wildman–Crippen LogP) is 2.15. The van der Waals surface area contributed by atoms with Crippen LogP contribution in [0.15, 0.2) is 16.7 Å². The highest BCUT2D eigenvalue weighted by molar-refractivity contribution is 5.14. The smallest absolute Gasteiger partial charge is 0.120 e. The molecule has 3 nitrogen and oxygen atoms in total. The number of fused-ring (bicyclic) bond motifs is 1. The summed E-state index contributed by atoms with van der Waals surface area (Å²) >= 11 is 0. The summed E-state index contributed by atoms with van der Waals surface area (Å²) in [6.45, 7) is 5.44. The van der Waals surface area contributed by atoms with Crippen molar-refractivity contribution in [2.45, 2.75) is 38.8 Å². The van der Waals surface area contributed by atoms with Gasteiger partial charge in [-0.1, -0.05) is 6.42 Å². The third-order valence-electron chi connectivity index (χ3n) is 4.56. The summed E-state index contributed by atoms with van der Waals surface area (Å²) in [4.78, 5) is 2.52. The van der Waals surface area contributed by atoms with Gasteiger partial charge in [0.1, 0.15) is 5.76 Å². The molecule has 3 unspecified atom stereocenters.